The average molecular weight is 397 g/mol. The molecule has 0 N–H and O–H groups in total. The second kappa shape index (κ2) is 7.20. The Morgan fingerprint density at radius 2 is 1.71 bits per heavy atom. The molecule has 28 heavy (non-hydrogen) atoms. The van der Waals surface area contributed by atoms with Crippen molar-refractivity contribution in [3.8, 4) is 0 Å². The summed E-state index contributed by atoms with van der Waals surface area (Å²) in [7, 11) is -3.06. The molecule has 1 aliphatic heterocycles. The molecule has 4 nitrogen and oxygen atoms in total. The summed E-state index contributed by atoms with van der Waals surface area (Å²) in [4.78, 5) is 0. The molecule has 1 aromatic carbocycles. The Labute approximate surface area is 167 Å². The van der Waals surface area contributed by atoms with Crippen molar-refractivity contribution in [3.63, 3.8) is 0 Å². The number of aryl methyl sites for hydroxylation is 2. The molecule has 2 aliphatic carbocycles. The maximum atomic E-state index is 12.7. The van der Waals surface area contributed by atoms with Crippen LogP contribution < -0.4 is 0 Å². The Hall–Kier alpha value is -1.85. The van der Waals surface area contributed by atoms with Crippen LogP contribution in [-0.2, 0) is 23.0 Å². The van der Waals surface area contributed by atoms with Crippen molar-refractivity contribution in [1.29, 1.82) is 0 Å². The molecule has 0 bridgehead atoms. The lowest BCUT2D eigenvalue weighted by molar-refractivity contribution is 0.435. The van der Waals surface area contributed by atoms with Crippen LogP contribution in [0, 0.1) is 11.8 Å². The first-order valence-electron chi connectivity index (χ1n) is 10.5. The van der Waals surface area contributed by atoms with E-state index in [0.717, 1.165) is 45.2 Å². The van der Waals surface area contributed by atoms with E-state index in [9.17, 15) is 8.42 Å². The minimum absolute atomic E-state index is 0.0975. The van der Waals surface area contributed by atoms with Gasteiger partial charge < -0.3 is 4.57 Å². The Bertz CT molecular complexity index is 957. The van der Waals surface area contributed by atoms with Gasteiger partial charge in [0, 0.05) is 37.9 Å². The second-order valence-electron chi connectivity index (χ2n) is 8.53. The molecular formula is C23H28N2O2S. The first kappa shape index (κ1) is 18.2. The van der Waals surface area contributed by atoms with Crippen molar-refractivity contribution in [1.82, 2.24) is 8.87 Å². The monoisotopic (exact) mass is 396 g/mol. The molecule has 2 aromatic rings. The van der Waals surface area contributed by atoms with Crippen molar-refractivity contribution in [2.45, 2.75) is 43.9 Å². The van der Waals surface area contributed by atoms with Crippen molar-refractivity contribution in [2.24, 2.45) is 11.8 Å². The molecule has 2 heterocycles. The van der Waals surface area contributed by atoms with Gasteiger partial charge in [-0.05, 0) is 66.9 Å². The van der Waals surface area contributed by atoms with Crippen LogP contribution in [0.25, 0.3) is 5.57 Å². The highest BCUT2D eigenvalue weighted by atomic mass is 32.2. The van der Waals surface area contributed by atoms with E-state index in [2.05, 4.69) is 59.4 Å². The van der Waals surface area contributed by atoms with Crippen LogP contribution in [0.5, 0.6) is 0 Å². The number of allylic oxidation sites excluding steroid dienone is 1. The Balaban J connectivity index is 1.29. The van der Waals surface area contributed by atoms with Gasteiger partial charge in [-0.25, -0.2) is 12.7 Å². The average Bonchev–Trinajstić information content (AvgIpc) is 3.27. The third-order valence-corrected chi connectivity index (χ3v) is 8.96. The molecule has 0 radical (unpaired) electrons. The van der Waals surface area contributed by atoms with Crippen molar-refractivity contribution < 1.29 is 8.42 Å². The fourth-order valence-electron chi connectivity index (χ4n) is 4.84. The molecule has 1 aromatic heterocycles. The van der Waals surface area contributed by atoms with Crippen LogP contribution in [0.3, 0.4) is 0 Å². The number of hydrogen-bond donors (Lipinski definition) is 0. The molecule has 2 fully saturated rings. The fraction of sp³-hybridized carbons (Fsp3) is 0.478. The molecule has 2 atom stereocenters. The smallest absolute Gasteiger partial charge is 0.217 e. The van der Waals surface area contributed by atoms with Crippen molar-refractivity contribution in [2.75, 3.05) is 13.1 Å². The van der Waals surface area contributed by atoms with E-state index < -0.39 is 10.0 Å². The number of hydrogen-bond acceptors (Lipinski definition) is 2. The summed E-state index contributed by atoms with van der Waals surface area (Å²) in [6.07, 6.45) is 11.4. The van der Waals surface area contributed by atoms with Crippen LogP contribution in [0.1, 0.15) is 36.8 Å². The highest BCUT2D eigenvalue weighted by molar-refractivity contribution is 7.90. The van der Waals surface area contributed by atoms with E-state index >= 15 is 0 Å². The maximum absolute atomic E-state index is 12.7. The van der Waals surface area contributed by atoms with Crippen molar-refractivity contribution in [3.05, 3.63) is 66.0 Å². The van der Waals surface area contributed by atoms with Gasteiger partial charge in [-0.1, -0.05) is 30.3 Å². The molecule has 3 aliphatic rings. The quantitative estimate of drug-likeness (QED) is 0.742. The summed E-state index contributed by atoms with van der Waals surface area (Å²) in [5, 5.41) is -0.0975. The maximum Gasteiger partial charge on any atom is 0.217 e. The highest BCUT2D eigenvalue weighted by Crippen LogP contribution is 2.44. The first-order chi connectivity index (χ1) is 13.6. The third kappa shape index (κ3) is 3.46. The van der Waals surface area contributed by atoms with Gasteiger partial charge >= 0.3 is 0 Å². The van der Waals surface area contributed by atoms with Crippen LogP contribution >= 0.6 is 0 Å². The predicted octanol–water partition coefficient (Wildman–Crippen LogP) is 3.95. The number of aromatic nitrogens is 1. The van der Waals surface area contributed by atoms with Gasteiger partial charge in [-0.3, -0.25) is 0 Å². The summed E-state index contributed by atoms with van der Waals surface area (Å²) >= 11 is 0. The summed E-state index contributed by atoms with van der Waals surface area (Å²) in [5.74, 6) is 0.829. The van der Waals surface area contributed by atoms with Gasteiger partial charge in [0.25, 0.3) is 0 Å². The zero-order valence-electron chi connectivity index (χ0n) is 16.2. The number of nitrogens with zero attached hydrogens (tertiary/aromatic N) is 2. The van der Waals surface area contributed by atoms with Crippen molar-refractivity contribution >= 4 is 15.6 Å². The molecular weight excluding hydrogens is 368 g/mol. The van der Waals surface area contributed by atoms with Crippen LogP contribution in [0.15, 0.2) is 54.9 Å². The highest BCUT2D eigenvalue weighted by Gasteiger charge is 2.47. The van der Waals surface area contributed by atoms with Crippen LogP contribution in [0.4, 0.5) is 0 Å². The van der Waals surface area contributed by atoms with Gasteiger partial charge in [0.15, 0.2) is 0 Å². The van der Waals surface area contributed by atoms with E-state index in [1.807, 2.05) is 0 Å². The SMILES string of the molecule is O=S(=O)(C1CC1)N1CC2CCC=C(c3ccc(CCn4cccc4)cc3)C2C1. The summed E-state index contributed by atoms with van der Waals surface area (Å²) in [6, 6.07) is 13.1. The normalized spacial score (nSPS) is 25.5. The number of rotatable bonds is 6. The predicted molar refractivity (Wildman–Crippen MR) is 112 cm³/mol. The first-order valence-corrected chi connectivity index (χ1v) is 12.0. The largest absolute Gasteiger partial charge is 0.354 e. The second-order valence-corrected chi connectivity index (χ2v) is 10.7. The topological polar surface area (TPSA) is 42.3 Å². The molecule has 0 amide bonds. The Kier molecular flexibility index (Phi) is 4.68. The minimum atomic E-state index is -3.06. The van der Waals surface area contributed by atoms with Gasteiger partial charge in [0.2, 0.25) is 10.0 Å². The van der Waals surface area contributed by atoms with Gasteiger partial charge in [0.1, 0.15) is 0 Å². The molecule has 0 spiro atoms. The van der Waals surface area contributed by atoms with E-state index in [4.69, 9.17) is 0 Å². The molecule has 2 unspecified atom stereocenters. The summed E-state index contributed by atoms with van der Waals surface area (Å²) in [5.41, 5.74) is 3.97. The summed E-state index contributed by atoms with van der Waals surface area (Å²) in [6.45, 7) is 2.38. The molecule has 5 rings (SSSR count). The Morgan fingerprint density at radius 1 is 0.964 bits per heavy atom. The van der Waals surface area contributed by atoms with Crippen LogP contribution in [0.2, 0.25) is 0 Å². The third-order valence-electron chi connectivity index (χ3n) is 6.63. The van der Waals surface area contributed by atoms with Crippen LogP contribution in [-0.4, -0.2) is 35.6 Å². The molecule has 5 heteroatoms. The van der Waals surface area contributed by atoms with Gasteiger partial charge in [-0.15, -0.1) is 0 Å². The lowest BCUT2D eigenvalue weighted by atomic mass is 9.78. The van der Waals surface area contributed by atoms with Gasteiger partial charge in [-0.2, -0.15) is 0 Å². The zero-order valence-corrected chi connectivity index (χ0v) is 17.0. The summed E-state index contributed by atoms with van der Waals surface area (Å²) < 4.78 is 29.4. The number of sulfonamides is 1. The van der Waals surface area contributed by atoms with E-state index in [-0.39, 0.29) is 5.25 Å². The number of fused-ring (bicyclic) bond motifs is 1. The zero-order chi connectivity index (χ0) is 19.1. The lowest BCUT2D eigenvalue weighted by Gasteiger charge is -2.26. The molecule has 1 saturated heterocycles. The fourth-order valence-corrected chi connectivity index (χ4v) is 6.76. The molecule has 1 saturated carbocycles. The minimum Gasteiger partial charge on any atom is -0.354 e. The van der Waals surface area contributed by atoms with E-state index in [1.54, 1.807) is 4.31 Å². The van der Waals surface area contributed by atoms with E-state index in [1.165, 1.54) is 16.7 Å². The van der Waals surface area contributed by atoms with E-state index in [0.29, 0.717) is 18.4 Å². The standard InChI is InChI=1S/C23H28N2O2S/c26-28(27,21-10-11-21)25-16-20-4-3-5-22(23(20)17-25)19-8-6-18(7-9-19)12-15-24-13-1-2-14-24/h1-2,5-9,13-14,20-21,23H,3-4,10-12,15-17H2. The molecule has 148 valence electrons. The Morgan fingerprint density at radius 3 is 2.43 bits per heavy atom. The number of benzene rings is 1. The lowest BCUT2D eigenvalue weighted by Crippen LogP contribution is -2.32. The van der Waals surface area contributed by atoms with Gasteiger partial charge in [0.05, 0.1) is 5.25 Å².